The van der Waals surface area contributed by atoms with Crippen LogP contribution in [0.2, 0.25) is 0 Å². The lowest BCUT2D eigenvalue weighted by Gasteiger charge is -2.24. The van der Waals surface area contributed by atoms with E-state index in [1.54, 1.807) is 12.1 Å². The molecule has 1 aromatic rings. The molecule has 3 atom stereocenters. The summed E-state index contributed by atoms with van der Waals surface area (Å²) in [5.41, 5.74) is 0.990. The van der Waals surface area contributed by atoms with Gasteiger partial charge in [0.05, 0.1) is 6.04 Å². The molecule has 0 amide bonds. The Morgan fingerprint density at radius 3 is 2.25 bits per heavy atom. The minimum atomic E-state index is -0.242. The van der Waals surface area contributed by atoms with Crippen LogP contribution in [0.5, 0.6) is 0 Å². The van der Waals surface area contributed by atoms with E-state index in [9.17, 15) is 9.18 Å². The Hall–Kier alpha value is -1.22. The lowest BCUT2D eigenvalue weighted by Crippen LogP contribution is -2.45. The fourth-order valence-corrected chi connectivity index (χ4v) is 2.10. The van der Waals surface area contributed by atoms with Gasteiger partial charge >= 0.3 is 0 Å². The van der Waals surface area contributed by atoms with Crippen LogP contribution in [0.3, 0.4) is 0 Å². The van der Waals surface area contributed by atoms with Crippen LogP contribution in [0, 0.1) is 11.7 Å². The lowest BCUT2D eigenvalue weighted by molar-refractivity contribution is -0.124. The van der Waals surface area contributed by atoms with Gasteiger partial charge in [0.1, 0.15) is 5.82 Å². The van der Waals surface area contributed by atoms with Crippen LogP contribution in [0.25, 0.3) is 0 Å². The molecule has 1 aromatic carbocycles. The highest BCUT2D eigenvalue weighted by Gasteiger charge is 2.24. The molecule has 0 aromatic heterocycles. The molecular weight excluding hydrogens is 253 g/mol. The minimum absolute atomic E-state index is 0.0528. The molecule has 0 spiro atoms. The third-order valence-electron chi connectivity index (χ3n) is 3.89. The van der Waals surface area contributed by atoms with Gasteiger partial charge < -0.3 is 5.32 Å². The minimum Gasteiger partial charge on any atom is -0.305 e. The quantitative estimate of drug-likeness (QED) is 0.785. The van der Waals surface area contributed by atoms with Gasteiger partial charge in [0.15, 0.2) is 5.78 Å². The van der Waals surface area contributed by atoms with Crippen LogP contribution in [0.1, 0.15) is 46.1 Å². The summed E-state index contributed by atoms with van der Waals surface area (Å²) < 4.78 is 12.9. The van der Waals surface area contributed by atoms with Crippen LogP contribution in [0.4, 0.5) is 4.39 Å². The molecule has 0 aliphatic heterocycles. The first-order chi connectivity index (χ1) is 9.47. The Bertz CT molecular complexity index is 416. The monoisotopic (exact) mass is 279 g/mol. The molecular formula is C17H26FNO. The second-order valence-corrected chi connectivity index (χ2v) is 5.57. The second-order valence-electron chi connectivity index (χ2n) is 5.57. The highest BCUT2D eigenvalue weighted by atomic mass is 19.1. The highest BCUT2D eigenvalue weighted by Crippen LogP contribution is 2.13. The van der Waals surface area contributed by atoms with E-state index >= 15 is 0 Å². The van der Waals surface area contributed by atoms with E-state index in [2.05, 4.69) is 19.2 Å². The Balaban J connectivity index is 2.81. The van der Waals surface area contributed by atoms with Gasteiger partial charge in [-0.05, 0) is 43.9 Å². The molecule has 2 nitrogen and oxygen atoms in total. The van der Waals surface area contributed by atoms with E-state index in [-0.39, 0.29) is 23.6 Å². The standard InChI is InChI=1S/C17H26FNO/c1-5-12(3)17(20)16(19-13(4)6-2)11-14-7-9-15(18)10-8-14/h7-10,12-13,16,19H,5-6,11H2,1-4H3. The zero-order valence-corrected chi connectivity index (χ0v) is 12.9. The molecule has 0 heterocycles. The number of carbonyl (C=O) groups is 1. The fourth-order valence-electron chi connectivity index (χ4n) is 2.10. The molecule has 3 unspecified atom stereocenters. The molecule has 112 valence electrons. The van der Waals surface area contributed by atoms with Crippen molar-refractivity contribution in [3.05, 3.63) is 35.6 Å². The van der Waals surface area contributed by atoms with Crippen molar-refractivity contribution in [3.63, 3.8) is 0 Å². The van der Waals surface area contributed by atoms with E-state index in [1.807, 2.05) is 13.8 Å². The highest BCUT2D eigenvalue weighted by molar-refractivity contribution is 5.86. The van der Waals surface area contributed by atoms with E-state index in [4.69, 9.17) is 0 Å². The maximum absolute atomic E-state index is 12.9. The van der Waals surface area contributed by atoms with Crippen molar-refractivity contribution in [2.24, 2.45) is 5.92 Å². The largest absolute Gasteiger partial charge is 0.305 e. The molecule has 1 N–H and O–H groups in total. The second kappa shape index (κ2) is 8.15. The number of Topliss-reactive ketones (excluding diaryl/α,β-unsaturated/α-hetero) is 1. The van der Waals surface area contributed by atoms with Crippen molar-refractivity contribution in [1.82, 2.24) is 5.32 Å². The molecule has 0 saturated heterocycles. The predicted molar refractivity (Wildman–Crippen MR) is 81.2 cm³/mol. The summed E-state index contributed by atoms with van der Waals surface area (Å²) in [4.78, 5) is 12.5. The smallest absolute Gasteiger partial charge is 0.152 e. The molecule has 0 aliphatic rings. The molecule has 0 radical (unpaired) electrons. The number of rotatable bonds is 8. The molecule has 0 bridgehead atoms. The number of nitrogens with one attached hydrogen (secondary N) is 1. The maximum Gasteiger partial charge on any atom is 0.152 e. The number of benzene rings is 1. The van der Waals surface area contributed by atoms with Gasteiger partial charge in [-0.15, -0.1) is 0 Å². The van der Waals surface area contributed by atoms with E-state index < -0.39 is 0 Å². The van der Waals surface area contributed by atoms with Crippen molar-refractivity contribution < 1.29 is 9.18 Å². The van der Waals surface area contributed by atoms with E-state index in [0.717, 1.165) is 18.4 Å². The normalized spacial score (nSPS) is 15.7. The van der Waals surface area contributed by atoms with E-state index in [0.29, 0.717) is 12.5 Å². The van der Waals surface area contributed by atoms with Crippen molar-refractivity contribution in [2.75, 3.05) is 0 Å². The van der Waals surface area contributed by atoms with Crippen LogP contribution in [-0.4, -0.2) is 17.9 Å². The Kier molecular flexibility index (Phi) is 6.86. The summed E-state index contributed by atoms with van der Waals surface area (Å²) in [7, 11) is 0. The molecule has 0 saturated carbocycles. The topological polar surface area (TPSA) is 29.1 Å². The van der Waals surface area contributed by atoms with Crippen molar-refractivity contribution in [3.8, 4) is 0 Å². The Morgan fingerprint density at radius 2 is 1.75 bits per heavy atom. The van der Waals surface area contributed by atoms with Gasteiger partial charge in [-0.1, -0.05) is 32.9 Å². The van der Waals surface area contributed by atoms with Crippen LogP contribution < -0.4 is 5.32 Å². The van der Waals surface area contributed by atoms with Crippen LogP contribution in [0.15, 0.2) is 24.3 Å². The zero-order valence-electron chi connectivity index (χ0n) is 12.9. The van der Waals surface area contributed by atoms with Crippen molar-refractivity contribution in [1.29, 1.82) is 0 Å². The average Bonchev–Trinajstić information content (AvgIpc) is 2.46. The maximum atomic E-state index is 12.9. The molecule has 3 heteroatoms. The van der Waals surface area contributed by atoms with Crippen molar-refractivity contribution >= 4 is 5.78 Å². The Morgan fingerprint density at radius 1 is 1.15 bits per heavy atom. The SMILES string of the molecule is CCC(C)NC(Cc1ccc(F)cc1)C(=O)C(C)CC. The van der Waals surface area contributed by atoms with E-state index in [1.165, 1.54) is 12.1 Å². The average molecular weight is 279 g/mol. The lowest BCUT2D eigenvalue weighted by atomic mass is 9.92. The fraction of sp³-hybridized carbons (Fsp3) is 0.588. The van der Waals surface area contributed by atoms with Crippen LogP contribution >= 0.6 is 0 Å². The summed E-state index contributed by atoms with van der Waals surface area (Å²) >= 11 is 0. The zero-order chi connectivity index (χ0) is 15.1. The van der Waals surface area contributed by atoms with Gasteiger partial charge in [-0.3, -0.25) is 4.79 Å². The van der Waals surface area contributed by atoms with Gasteiger partial charge in [-0.25, -0.2) is 4.39 Å². The number of hydrogen-bond donors (Lipinski definition) is 1. The molecule has 20 heavy (non-hydrogen) atoms. The summed E-state index contributed by atoms with van der Waals surface area (Å²) in [6.45, 7) is 8.18. The van der Waals surface area contributed by atoms with Gasteiger partial charge in [0.2, 0.25) is 0 Å². The molecule has 0 aliphatic carbocycles. The summed E-state index contributed by atoms with van der Waals surface area (Å²) in [5.74, 6) is 0.0579. The molecule has 0 fully saturated rings. The number of carbonyl (C=O) groups excluding carboxylic acids is 1. The third kappa shape index (κ3) is 5.04. The number of ketones is 1. The number of hydrogen-bond acceptors (Lipinski definition) is 2. The van der Waals surface area contributed by atoms with Gasteiger partial charge in [0, 0.05) is 12.0 Å². The first kappa shape index (κ1) is 16.8. The predicted octanol–water partition coefficient (Wildman–Crippen LogP) is 3.74. The first-order valence-electron chi connectivity index (χ1n) is 7.52. The first-order valence-corrected chi connectivity index (χ1v) is 7.52. The summed E-state index contributed by atoms with van der Waals surface area (Å²) in [5, 5.41) is 3.40. The van der Waals surface area contributed by atoms with Gasteiger partial charge in [-0.2, -0.15) is 0 Å². The van der Waals surface area contributed by atoms with Gasteiger partial charge in [0.25, 0.3) is 0 Å². The molecule has 1 rings (SSSR count). The third-order valence-corrected chi connectivity index (χ3v) is 3.89. The summed E-state index contributed by atoms with van der Waals surface area (Å²) in [6, 6.07) is 6.51. The summed E-state index contributed by atoms with van der Waals surface area (Å²) in [6.07, 6.45) is 2.45. The Labute approximate surface area is 121 Å². The van der Waals surface area contributed by atoms with Crippen LogP contribution in [-0.2, 0) is 11.2 Å². The van der Waals surface area contributed by atoms with Crippen molar-refractivity contribution in [2.45, 2.75) is 59.0 Å². The number of halogens is 1.